The van der Waals surface area contributed by atoms with Crippen molar-refractivity contribution in [2.75, 3.05) is 13.6 Å². The lowest BCUT2D eigenvalue weighted by atomic mass is 10.2. The number of benzene rings is 1. The van der Waals surface area contributed by atoms with Crippen LogP contribution in [0, 0.1) is 5.82 Å². The van der Waals surface area contributed by atoms with Gasteiger partial charge in [0, 0.05) is 12.1 Å². The topological polar surface area (TPSA) is 118 Å². The van der Waals surface area contributed by atoms with Crippen LogP contribution in [-0.2, 0) is 14.8 Å². The Labute approximate surface area is 118 Å². The van der Waals surface area contributed by atoms with Crippen molar-refractivity contribution in [3.63, 3.8) is 0 Å². The van der Waals surface area contributed by atoms with Crippen LogP contribution in [0.5, 0.6) is 0 Å². The molecule has 0 heterocycles. The third-order valence-electron chi connectivity index (χ3n) is 2.30. The summed E-state index contributed by atoms with van der Waals surface area (Å²) < 4.78 is 38.5. The molecule has 10 heteroatoms. The summed E-state index contributed by atoms with van der Waals surface area (Å²) in [6.07, 6.45) is 0. The van der Waals surface area contributed by atoms with Crippen molar-refractivity contribution in [2.45, 2.75) is 4.90 Å². The zero-order valence-corrected chi connectivity index (χ0v) is 11.7. The quantitative estimate of drug-likeness (QED) is 0.806. The first kappa shape index (κ1) is 16.3. The third kappa shape index (κ3) is 3.24. The van der Waals surface area contributed by atoms with Gasteiger partial charge in [-0.3, -0.25) is 4.79 Å². The van der Waals surface area contributed by atoms with Gasteiger partial charge in [-0.25, -0.2) is 17.6 Å². The average molecular weight is 325 g/mol. The highest BCUT2D eigenvalue weighted by Crippen LogP contribution is 2.25. The number of hydrogen-bond donors (Lipinski definition) is 2. The summed E-state index contributed by atoms with van der Waals surface area (Å²) in [4.78, 5) is 20.6. The van der Waals surface area contributed by atoms with Gasteiger partial charge in [-0.05, 0) is 12.1 Å². The van der Waals surface area contributed by atoms with Crippen molar-refractivity contribution in [3.8, 4) is 0 Å². The normalized spacial score (nSPS) is 11.6. The number of amides is 1. The molecule has 7 nitrogen and oxygen atoms in total. The number of hydrogen-bond acceptors (Lipinski definition) is 4. The summed E-state index contributed by atoms with van der Waals surface area (Å²) in [5.41, 5.74) is 3.97. The molecule has 3 N–H and O–H groups in total. The molecule has 0 aliphatic rings. The smallest absolute Gasteiger partial charge is 0.338 e. The molecule has 0 atom stereocenters. The fourth-order valence-electron chi connectivity index (χ4n) is 1.38. The molecular weight excluding hydrogens is 315 g/mol. The lowest BCUT2D eigenvalue weighted by Crippen LogP contribution is -2.35. The molecule has 0 spiro atoms. The Hall–Kier alpha value is -1.71. The van der Waals surface area contributed by atoms with E-state index >= 15 is 0 Å². The zero-order chi connectivity index (χ0) is 15.7. The molecule has 1 aromatic rings. The number of nitrogens with two attached hydrogens (primary N) is 1. The van der Waals surface area contributed by atoms with E-state index in [0.717, 1.165) is 19.2 Å². The molecule has 1 amide bonds. The van der Waals surface area contributed by atoms with Crippen molar-refractivity contribution in [1.82, 2.24) is 4.31 Å². The van der Waals surface area contributed by atoms with Crippen molar-refractivity contribution < 1.29 is 27.5 Å². The lowest BCUT2D eigenvalue weighted by molar-refractivity contribution is -0.118. The molecule has 110 valence electrons. The summed E-state index contributed by atoms with van der Waals surface area (Å²) in [6, 6.07) is 1.54. The zero-order valence-electron chi connectivity index (χ0n) is 10.1. The number of rotatable bonds is 5. The van der Waals surface area contributed by atoms with E-state index in [1.807, 2.05) is 0 Å². The number of likely N-dealkylation sites (N-methyl/N-ethyl adjacent to an activating group) is 1. The summed E-state index contributed by atoms with van der Waals surface area (Å²) in [5, 5.41) is 8.51. The maximum Gasteiger partial charge on any atom is 0.338 e. The van der Waals surface area contributed by atoms with Crippen LogP contribution in [-0.4, -0.2) is 43.3 Å². The van der Waals surface area contributed by atoms with Gasteiger partial charge in [-0.1, -0.05) is 11.6 Å². The van der Waals surface area contributed by atoms with Gasteiger partial charge in [-0.2, -0.15) is 4.31 Å². The fourth-order valence-corrected chi connectivity index (χ4v) is 2.91. The Bertz CT molecular complexity index is 676. The highest BCUT2D eigenvalue weighted by Gasteiger charge is 2.29. The van der Waals surface area contributed by atoms with Crippen molar-refractivity contribution in [2.24, 2.45) is 5.73 Å². The monoisotopic (exact) mass is 324 g/mol. The number of carboxylic acid groups (broad SMARTS) is 1. The molecule has 1 rings (SSSR count). The van der Waals surface area contributed by atoms with Gasteiger partial charge in [0.1, 0.15) is 4.90 Å². The highest BCUT2D eigenvalue weighted by molar-refractivity contribution is 7.89. The number of sulfonamides is 1. The van der Waals surface area contributed by atoms with Gasteiger partial charge in [0.2, 0.25) is 15.9 Å². The predicted molar refractivity (Wildman–Crippen MR) is 67.4 cm³/mol. The van der Waals surface area contributed by atoms with Crippen LogP contribution >= 0.6 is 11.6 Å². The molecule has 0 radical (unpaired) electrons. The second-order valence-electron chi connectivity index (χ2n) is 3.80. The van der Waals surface area contributed by atoms with Gasteiger partial charge in [0.05, 0.1) is 12.1 Å². The van der Waals surface area contributed by atoms with Crippen LogP contribution in [0.2, 0.25) is 5.02 Å². The summed E-state index contributed by atoms with van der Waals surface area (Å²) in [5.74, 6) is -4.07. The van der Waals surface area contributed by atoms with Crippen LogP contribution in [0.4, 0.5) is 4.39 Å². The molecule has 20 heavy (non-hydrogen) atoms. The number of halogens is 2. The number of carbonyl (C=O) groups excluding carboxylic acids is 1. The van der Waals surface area contributed by atoms with Crippen LogP contribution in [0.15, 0.2) is 17.0 Å². The highest BCUT2D eigenvalue weighted by atomic mass is 35.5. The number of aromatic carboxylic acids is 1. The van der Waals surface area contributed by atoms with E-state index in [4.69, 9.17) is 22.4 Å². The van der Waals surface area contributed by atoms with Gasteiger partial charge in [0.25, 0.3) is 0 Å². The second-order valence-corrected chi connectivity index (χ2v) is 6.25. The van der Waals surface area contributed by atoms with Crippen molar-refractivity contribution >= 4 is 33.5 Å². The third-order valence-corrected chi connectivity index (χ3v) is 4.32. The molecule has 0 aliphatic heterocycles. The van der Waals surface area contributed by atoms with E-state index in [-0.39, 0.29) is 5.02 Å². The minimum Gasteiger partial charge on any atom is -0.478 e. The Kier molecular flexibility index (Phi) is 4.69. The van der Waals surface area contributed by atoms with Crippen molar-refractivity contribution in [3.05, 3.63) is 28.5 Å². The molecule has 0 bridgehead atoms. The Balaban J connectivity index is 3.46. The minimum absolute atomic E-state index is 0.269. The van der Waals surface area contributed by atoms with E-state index in [1.165, 1.54) is 0 Å². The largest absolute Gasteiger partial charge is 0.478 e. The van der Waals surface area contributed by atoms with Crippen molar-refractivity contribution in [1.29, 1.82) is 0 Å². The molecule has 0 saturated carbocycles. The van der Waals surface area contributed by atoms with Crippen LogP contribution in [0.1, 0.15) is 10.4 Å². The Morgan fingerprint density at radius 1 is 1.45 bits per heavy atom. The van der Waals surface area contributed by atoms with Crippen LogP contribution < -0.4 is 5.73 Å². The standard InChI is InChI=1S/C10H10ClFN2O5S/c1-14(4-8(13)15)20(18,19)7-3-5(11)2-6(9(7)12)10(16)17/h2-3H,4H2,1H3,(H2,13,15)(H,16,17). The summed E-state index contributed by atoms with van der Waals surface area (Å²) in [6.45, 7) is -0.684. The lowest BCUT2D eigenvalue weighted by Gasteiger charge is -2.16. The number of carboxylic acids is 1. The first-order chi connectivity index (χ1) is 9.07. The Morgan fingerprint density at radius 2 is 2.00 bits per heavy atom. The molecule has 0 aliphatic carbocycles. The number of carbonyl (C=O) groups is 2. The first-order valence-electron chi connectivity index (χ1n) is 5.04. The number of primary amides is 1. The molecule has 0 unspecified atom stereocenters. The molecule has 0 fully saturated rings. The van der Waals surface area contributed by atoms with E-state index in [9.17, 15) is 22.4 Å². The maximum atomic E-state index is 13.9. The van der Waals surface area contributed by atoms with E-state index in [2.05, 4.69) is 0 Å². The molecular formula is C10H10ClFN2O5S. The van der Waals surface area contributed by atoms with Gasteiger partial charge in [-0.15, -0.1) is 0 Å². The van der Waals surface area contributed by atoms with E-state index in [1.54, 1.807) is 0 Å². The van der Waals surface area contributed by atoms with Gasteiger partial charge < -0.3 is 10.8 Å². The number of nitrogens with zero attached hydrogens (tertiary/aromatic N) is 1. The summed E-state index contributed by atoms with van der Waals surface area (Å²) >= 11 is 5.58. The Morgan fingerprint density at radius 3 is 2.45 bits per heavy atom. The van der Waals surface area contributed by atoms with Crippen LogP contribution in [0.3, 0.4) is 0 Å². The molecule has 0 aromatic heterocycles. The van der Waals surface area contributed by atoms with E-state index < -0.39 is 44.7 Å². The second kappa shape index (κ2) is 5.73. The van der Waals surface area contributed by atoms with Crippen LogP contribution in [0.25, 0.3) is 0 Å². The molecule has 1 aromatic carbocycles. The first-order valence-corrected chi connectivity index (χ1v) is 6.86. The SMILES string of the molecule is CN(CC(N)=O)S(=O)(=O)c1cc(Cl)cc(C(=O)O)c1F. The predicted octanol–water partition coefficient (Wildman–Crippen LogP) is 0.283. The fraction of sp³-hybridized carbons (Fsp3) is 0.200. The average Bonchev–Trinajstić information content (AvgIpc) is 2.30. The van der Waals surface area contributed by atoms with E-state index in [0.29, 0.717) is 4.31 Å². The van der Waals surface area contributed by atoms with Gasteiger partial charge in [0.15, 0.2) is 5.82 Å². The molecule has 0 saturated heterocycles. The minimum atomic E-state index is -4.43. The van der Waals surface area contributed by atoms with Gasteiger partial charge >= 0.3 is 5.97 Å². The summed E-state index contributed by atoms with van der Waals surface area (Å²) in [7, 11) is -3.43. The maximum absolute atomic E-state index is 13.9.